The van der Waals surface area contributed by atoms with Crippen LogP contribution >= 0.6 is 11.6 Å². The Morgan fingerprint density at radius 1 is 1.05 bits per heavy atom. The molecule has 0 spiro atoms. The van der Waals surface area contributed by atoms with Crippen LogP contribution in [0.4, 0.5) is 0 Å². The molecule has 4 heteroatoms. The van der Waals surface area contributed by atoms with E-state index in [1.165, 1.54) is 0 Å². The fraction of sp³-hybridized carbons (Fsp3) is 0.125. The van der Waals surface area contributed by atoms with Gasteiger partial charge < -0.3 is 4.74 Å². The van der Waals surface area contributed by atoms with Crippen LogP contribution < -0.4 is 0 Å². The van der Waals surface area contributed by atoms with Crippen LogP contribution in [-0.4, -0.2) is 18.4 Å². The summed E-state index contributed by atoms with van der Waals surface area (Å²) >= 11 is 5.98. The highest BCUT2D eigenvalue weighted by Crippen LogP contribution is 2.38. The lowest BCUT2D eigenvalue weighted by Gasteiger charge is -2.04. The van der Waals surface area contributed by atoms with Gasteiger partial charge in [-0.2, -0.15) is 0 Å². The molecule has 0 bridgehead atoms. The van der Waals surface area contributed by atoms with E-state index in [0.29, 0.717) is 28.3 Å². The smallest absolute Gasteiger partial charge is 0.338 e. The third kappa shape index (κ3) is 1.91. The maximum absolute atomic E-state index is 12.3. The van der Waals surface area contributed by atoms with Gasteiger partial charge >= 0.3 is 5.97 Å². The number of carbonyl (C=O) groups excluding carboxylic acids is 2. The van der Waals surface area contributed by atoms with E-state index in [9.17, 15) is 9.59 Å². The Labute approximate surface area is 121 Å². The van der Waals surface area contributed by atoms with Gasteiger partial charge in [0.05, 0.1) is 12.2 Å². The second kappa shape index (κ2) is 4.76. The third-order valence-electron chi connectivity index (χ3n) is 3.29. The number of hydrogen-bond acceptors (Lipinski definition) is 3. The quantitative estimate of drug-likeness (QED) is 0.674. The largest absolute Gasteiger partial charge is 0.462 e. The minimum atomic E-state index is -0.419. The van der Waals surface area contributed by atoms with Crippen molar-refractivity contribution in [2.24, 2.45) is 0 Å². The van der Waals surface area contributed by atoms with Gasteiger partial charge in [-0.1, -0.05) is 17.7 Å². The number of benzene rings is 2. The second-order valence-corrected chi connectivity index (χ2v) is 4.94. The Bertz CT molecular complexity index is 734. The number of esters is 1. The Hall–Kier alpha value is -2.13. The molecule has 0 saturated carbocycles. The molecule has 0 fully saturated rings. The van der Waals surface area contributed by atoms with Crippen molar-refractivity contribution >= 4 is 23.4 Å². The number of ether oxygens (including phenoxy) is 1. The number of rotatable bonds is 2. The first-order valence-electron chi connectivity index (χ1n) is 6.27. The van der Waals surface area contributed by atoms with E-state index >= 15 is 0 Å². The molecule has 3 nitrogen and oxygen atoms in total. The van der Waals surface area contributed by atoms with Gasteiger partial charge in [0, 0.05) is 16.1 Å². The third-order valence-corrected chi connectivity index (χ3v) is 3.53. The highest BCUT2D eigenvalue weighted by molar-refractivity contribution is 6.32. The summed E-state index contributed by atoms with van der Waals surface area (Å²) in [5, 5.41) is 0.582. The minimum Gasteiger partial charge on any atom is -0.462 e. The monoisotopic (exact) mass is 286 g/mol. The summed E-state index contributed by atoms with van der Waals surface area (Å²) in [5.74, 6) is -0.505. The van der Waals surface area contributed by atoms with Crippen LogP contribution in [0.5, 0.6) is 0 Å². The number of halogens is 1. The van der Waals surface area contributed by atoms with Crippen LogP contribution in [0.3, 0.4) is 0 Å². The van der Waals surface area contributed by atoms with Crippen molar-refractivity contribution in [1.82, 2.24) is 0 Å². The van der Waals surface area contributed by atoms with Crippen LogP contribution in [0, 0.1) is 0 Å². The molecule has 100 valence electrons. The molecule has 20 heavy (non-hydrogen) atoms. The van der Waals surface area contributed by atoms with E-state index in [-0.39, 0.29) is 5.78 Å². The zero-order chi connectivity index (χ0) is 14.3. The molecule has 0 N–H and O–H groups in total. The van der Waals surface area contributed by atoms with Crippen LogP contribution in [0.25, 0.3) is 11.1 Å². The van der Waals surface area contributed by atoms with Gasteiger partial charge in [-0.05, 0) is 48.4 Å². The summed E-state index contributed by atoms with van der Waals surface area (Å²) in [6.45, 7) is 2.05. The highest BCUT2D eigenvalue weighted by Gasteiger charge is 2.27. The first-order valence-corrected chi connectivity index (χ1v) is 6.65. The standard InChI is InChI=1S/C16H11ClO3/c1-2-20-16(19)9-3-5-11-13-8-10(17)4-6-12(13)15(18)14(11)7-9/h3-8H,2H2,1H3. The van der Waals surface area contributed by atoms with E-state index in [4.69, 9.17) is 16.3 Å². The molecule has 0 aliphatic heterocycles. The van der Waals surface area contributed by atoms with Gasteiger partial charge in [0.15, 0.2) is 5.78 Å². The molecule has 1 aliphatic carbocycles. The van der Waals surface area contributed by atoms with E-state index in [2.05, 4.69) is 0 Å². The number of fused-ring (bicyclic) bond motifs is 3. The van der Waals surface area contributed by atoms with Crippen molar-refractivity contribution in [2.75, 3.05) is 6.61 Å². The van der Waals surface area contributed by atoms with Gasteiger partial charge in [-0.25, -0.2) is 4.79 Å². The molecule has 2 aromatic carbocycles. The normalized spacial score (nSPS) is 12.0. The number of ketones is 1. The van der Waals surface area contributed by atoms with Gasteiger partial charge in [0.1, 0.15) is 0 Å². The summed E-state index contributed by atoms with van der Waals surface area (Å²) in [6, 6.07) is 10.2. The number of carbonyl (C=O) groups is 2. The molecule has 0 aromatic heterocycles. The van der Waals surface area contributed by atoms with Gasteiger partial charge in [-0.3, -0.25) is 4.79 Å². The van der Waals surface area contributed by atoms with Crippen LogP contribution in [0.2, 0.25) is 5.02 Å². The van der Waals surface area contributed by atoms with E-state index < -0.39 is 5.97 Å². The predicted octanol–water partition coefficient (Wildman–Crippen LogP) is 3.73. The Morgan fingerprint density at radius 2 is 1.80 bits per heavy atom. The van der Waals surface area contributed by atoms with Crippen molar-refractivity contribution in [3.05, 3.63) is 58.1 Å². The summed E-state index contributed by atoms with van der Waals surface area (Å²) in [6.07, 6.45) is 0. The topological polar surface area (TPSA) is 43.4 Å². The van der Waals surface area contributed by atoms with Crippen molar-refractivity contribution in [3.63, 3.8) is 0 Å². The SMILES string of the molecule is CCOC(=O)c1ccc2c(c1)C(=O)c1ccc(Cl)cc1-2. The second-order valence-electron chi connectivity index (χ2n) is 4.50. The van der Waals surface area contributed by atoms with Crippen LogP contribution in [-0.2, 0) is 4.74 Å². The van der Waals surface area contributed by atoms with E-state index in [1.54, 1.807) is 43.3 Å². The summed E-state index contributed by atoms with van der Waals surface area (Å²) in [5.41, 5.74) is 3.14. The van der Waals surface area contributed by atoms with Crippen LogP contribution in [0.1, 0.15) is 33.2 Å². The fourth-order valence-corrected chi connectivity index (χ4v) is 2.56. The molecule has 1 aliphatic rings. The first kappa shape index (κ1) is 12.9. The Morgan fingerprint density at radius 3 is 2.55 bits per heavy atom. The van der Waals surface area contributed by atoms with E-state index in [0.717, 1.165) is 11.1 Å². The molecule has 0 amide bonds. The molecule has 3 rings (SSSR count). The summed E-state index contributed by atoms with van der Waals surface area (Å²) in [4.78, 5) is 24.1. The zero-order valence-electron chi connectivity index (χ0n) is 10.8. The highest BCUT2D eigenvalue weighted by atomic mass is 35.5. The van der Waals surface area contributed by atoms with Gasteiger partial charge in [0.2, 0.25) is 0 Å². The van der Waals surface area contributed by atoms with Gasteiger partial charge in [0.25, 0.3) is 0 Å². The molecule has 2 aromatic rings. The minimum absolute atomic E-state index is 0.0854. The average molecular weight is 287 g/mol. The fourth-order valence-electron chi connectivity index (χ4n) is 2.39. The summed E-state index contributed by atoms with van der Waals surface area (Å²) in [7, 11) is 0. The predicted molar refractivity (Wildman–Crippen MR) is 76.3 cm³/mol. The van der Waals surface area contributed by atoms with Gasteiger partial charge in [-0.15, -0.1) is 0 Å². The van der Waals surface area contributed by atoms with Crippen molar-refractivity contribution < 1.29 is 14.3 Å². The average Bonchev–Trinajstić information content (AvgIpc) is 2.72. The van der Waals surface area contributed by atoms with Crippen molar-refractivity contribution in [3.8, 4) is 11.1 Å². The maximum atomic E-state index is 12.3. The molecule has 0 saturated heterocycles. The number of hydrogen-bond donors (Lipinski definition) is 0. The van der Waals surface area contributed by atoms with E-state index in [1.807, 2.05) is 0 Å². The maximum Gasteiger partial charge on any atom is 0.338 e. The molecule has 0 unspecified atom stereocenters. The lowest BCUT2D eigenvalue weighted by Crippen LogP contribution is -2.06. The summed E-state index contributed by atoms with van der Waals surface area (Å²) < 4.78 is 4.95. The molecule has 0 atom stereocenters. The molecular formula is C16H11ClO3. The molecule has 0 heterocycles. The first-order chi connectivity index (χ1) is 9.61. The molecular weight excluding hydrogens is 276 g/mol. The zero-order valence-corrected chi connectivity index (χ0v) is 11.5. The van der Waals surface area contributed by atoms with Crippen molar-refractivity contribution in [2.45, 2.75) is 6.92 Å². The Balaban J connectivity index is 2.11. The Kier molecular flexibility index (Phi) is 3.07. The lowest BCUT2D eigenvalue weighted by molar-refractivity contribution is 0.0526. The lowest BCUT2D eigenvalue weighted by atomic mass is 10.0. The van der Waals surface area contributed by atoms with Crippen molar-refractivity contribution in [1.29, 1.82) is 0 Å². The van der Waals surface area contributed by atoms with Crippen LogP contribution in [0.15, 0.2) is 36.4 Å². The molecule has 0 radical (unpaired) electrons.